The third kappa shape index (κ3) is 3.75. The molecular weight excluding hydrogens is 275 g/mol. The first-order chi connectivity index (χ1) is 5.43. The van der Waals surface area contributed by atoms with E-state index in [9.17, 15) is 5.11 Å². The van der Waals surface area contributed by atoms with Crippen LogP contribution in [-0.4, -0.2) is 5.11 Å². The topological polar surface area (TPSA) is 20.2 Å². The van der Waals surface area contributed by atoms with Gasteiger partial charge in [-0.15, -0.1) is 12.4 Å². The Morgan fingerprint density at radius 1 is 1.14 bits per heavy atom. The van der Waals surface area contributed by atoms with Gasteiger partial charge in [-0.2, -0.15) is 0 Å². The molecule has 0 spiro atoms. The van der Waals surface area contributed by atoms with Crippen LogP contribution in [0.5, 0.6) is 5.75 Å². The van der Waals surface area contributed by atoms with Gasteiger partial charge in [-0.25, -0.2) is 0 Å². The zero-order valence-electron chi connectivity index (χ0n) is 9.09. The molecule has 14 heavy (non-hydrogen) atoms. The average Bonchev–Trinajstić information content (AvgIpc) is 1.92. The number of halogens is 1. The van der Waals surface area contributed by atoms with Crippen molar-refractivity contribution in [3.8, 4) is 5.75 Å². The van der Waals surface area contributed by atoms with Crippen LogP contribution in [0.2, 0.25) is 0 Å². The summed E-state index contributed by atoms with van der Waals surface area (Å²) in [7, 11) is 0. The molecule has 0 atom stereocenters. The first-order valence-corrected chi connectivity index (χ1v) is 4.22. The molecule has 0 heterocycles. The fourth-order valence-electron chi connectivity index (χ4n) is 1.26. The number of hydrogen-bond donors (Lipinski definition) is 1. The fraction of sp³-hybridized carbons (Fsp3) is 0.455. The van der Waals surface area contributed by atoms with Gasteiger partial charge in [0.25, 0.3) is 0 Å². The minimum absolute atomic E-state index is 0. The Morgan fingerprint density at radius 2 is 1.64 bits per heavy atom. The van der Waals surface area contributed by atoms with E-state index in [4.69, 9.17) is 0 Å². The Balaban J connectivity index is 0. The summed E-state index contributed by atoms with van der Waals surface area (Å²) in [5.74, 6) is 0.435. The number of phenolic OH excluding ortho intramolecular Hbond substituents is 1. The molecule has 1 nitrogen and oxygen atoms in total. The van der Waals surface area contributed by atoms with Crippen LogP contribution in [0.4, 0.5) is 0 Å². The summed E-state index contributed by atoms with van der Waals surface area (Å²) >= 11 is 0. The Morgan fingerprint density at radius 3 is 2.00 bits per heavy atom. The van der Waals surface area contributed by atoms with Crippen molar-refractivity contribution in [3.05, 3.63) is 29.3 Å². The second-order valence-corrected chi connectivity index (χ2v) is 4.22. The molecule has 1 N–H and O–H groups in total. The Labute approximate surface area is 111 Å². The molecule has 0 saturated heterocycles. The summed E-state index contributed by atoms with van der Waals surface area (Å²) in [6, 6.07) is 5.88. The van der Waals surface area contributed by atoms with Crippen molar-refractivity contribution in [3.63, 3.8) is 0 Å². The molecule has 0 aliphatic rings. The van der Waals surface area contributed by atoms with Gasteiger partial charge in [0, 0.05) is 26.2 Å². The van der Waals surface area contributed by atoms with E-state index in [2.05, 4.69) is 20.8 Å². The zero-order valence-corrected chi connectivity index (χ0v) is 12.4. The molecule has 0 radical (unpaired) electrons. The molecule has 1 aromatic rings. The Kier molecular flexibility index (Phi) is 7.03. The number of para-hydroxylation sites is 1. The molecule has 1 rings (SSSR count). The largest absolute Gasteiger partial charge is 0.507 e. The van der Waals surface area contributed by atoms with Crippen LogP contribution in [0.25, 0.3) is 0 Å². The van der Waals surface area contributed by atoms with Gasteiger partial charge in [0.1, 0.15) is 5.75 Å². The van der Waals surface area contributed by atoms with Crippen LogP contribution in [0.15, 0.2) is 18.2 Å². The van der Waals surface area contributed by atoms with Gasteiger partial charge < -0.3 is 5.11 Å². The molecule has 3 heteroatoms. The first kappa shape index (κ1) is 16.6. The van der Waals surface area contributed by atoms with Crippen molar-refractivity contribution >= 4 is 12.4 Å². The maximum atomic E-state index is 9.73. The molecule has 0 aliphatic carbocycles. The second kappa shape index (κ2) is 5.93. The molecule has 0 amide bonds. The van der Waals surface area contributed by atoms with Crippen LogP contribution < -0.4 is 0 Å². The van der Waals surface area contributed by atoms with Crippen molar-refractivity contribution in [2.75, 3.05) is 0 Å². The summed E-state index contributed by atoms with van der Waals surface area (Å²) in [5, 5.41) is 9.73. The van der Waals surface area contributed by atoms with Gasteiger partial charge in [0.05, 0.1) is 0 Å². The normalized spacial score (nSPS) is 10.0. The quantitative estimate of drug-likeness (QED) is 0.777. The Bertz CT molecular complexity index is 292. The summed E-state index contributed by atoms with van der Waals surface area (Å²) in [6.45, 7) is 8.22. The van der Waals surface area contributed by atoms with Crippen LogP contribution in [0.1, 0.15) is 31.9 Å². The molecule has 0 aliphatic heterocycles. The maximum absolute atomic E-state index is 9.73. The first-order valence-electron chi connectivity index (χ1n) is 4.22. The monoisotopic (exact) mass is 290 g/mol. The van der Waals surface area contributed by atoms with Gasteiger partial charge in [-0.3, -0.25) is 0 Å². The smallest absolute Gasteiger partial charge is 0.122 e. The summed E-state index contributed by atoms with van der Waals surface area (Å²) < 4.78 is 0. The van der Waals surface area contributed by atoms with E-state index < -0.39 is 0 Å². The number of aryl methyl sites for hydroxylation is 1. The van der Waals surface area contributed by atoms with E-state index in [1.54, 1.807) is 0 Å². The van der Waals surface area contributed by atoms with Crippen LogP contribution in [-0.2, 0) is 31.6 Å². The molecule has 78 valence electrons. The molecule has 0 unspecified atom stereocenters. The van der Waals surface area contributed by atoms with Gasteiger partial charge in [-0.1, -0.05) is 39.0 Å². The second-order valence-electron chi connectivity index (χ2n) is 4.22. The third-order valence-corrected chi connectivity index (χ3v) is 2.05. The van der Waals surface area contributed by atoms with Crippen LogP contribution in [0, 0.1) is 6.92 Å². The zero-order chi connectivity index (χ0) is 9.35. The molecular formula is C11H17ClOZr. The van der Waals surface area contributed by atoms with Crippen molar-refractivity contribution in [1.29, 1.82) is 0 Å². The average molecular weight is 292 g/mol. The van der Waals surface area contributed by atoms with Gasteiger partial charge in [0.2, 0.25) is 0 Å². The predicted octanol–water partition coefficient (Wildman–Crippen LogP) is 3.42. The van der Waals surface area contributed by atoms with E-state index in [0.717, 1.165) is 11.1 Å². The van der Waals surface area contributed by atoms with Crippen LogP contribution >= 0.6 is 12.4 Å². The molecule has 0 bridgehead atoms. The number of benzene rings is 1. The molecule has 0 fully saturated rings. The molecule has 1 aromatic carbocycles. The van der Waals surface area contributed by atoms with Gasteiger partial charge >= 0.3 is 0 Å². The van der Waals surface area contributed by atoms with E-state index in [-0.39, 0.29) is 44.0 Å². The van der Waals surface area contributed by atoms with Gasteiger partial charge in [0.15, 0.2) is 0 Å². The van der Waals surface area contributed by atoms with Crippen LogP contribution in [0.3, 0.4) is 0 Å². The number of rotatable bonds is 0. The van der Waals surface area contributed by atoms with E-state index in [1.807, 2.05) is 25.1 Å². The third-order valence-electron chi connectivity index (χ3n) is 2.05. The van der Waals surface area contributed by atoms with Crippen molar-refractivity contribution < 1.29 is 31.3 Å². The molecule has 0 saturated carbocycles. The SMILES string of the molecule is Cc1cccc(C(C)(C)C)c1O.Cl.[Zr]. The van der Waals surface area contributed by atoms with E-state index in [1.165, 1.54) is 0 Å². The van der Waals surface area contributed by atoms with E-state index >= 15 is 0 Å². The predicted molar refractivity (Wildman–Crippen MR) is 58.8 cm³/mol. The molecule has 0 aromatic heterocycles. The maximum Gasteiger partial charge on any atom is 0.122 e. The van der Waals surface area contributed by atoms with Crippen molar-refractivity contribution in [2.45, 2.75) is 33.1 Å². The number of aromatic hydroxyl groups is 1. The fourth-order valence-corrected chi connectivity index (χ4v) is 1.26. The minimum Gasteiger partial charge on any atom is -0.507 e. The van der Waals surface area contributed by atoms with Crippen molar-refractivity contribution in [2.24, 2.45) is 0 Å². The van der Waals surface area contributed by atoms with Gasteiger partial charge in [-0.05, 0) is 23.5 Å². The summed E-state index contributed by atoms with van der Waals surface area (Å²) in [5.41, 5.74) is 1.99. The number of hydrogen-bond acceptors (Lipinski definition) is 1. The number of phenols is 1. The summed E-state index contributed by atoms with van der Waals surface area (Å²) in [6.07, 6.45) is 0. The Hall–Kier alpha value is 0.193. The summed E-state index contributed by atoms with van der Waals surface area (Å²) in [4.78, 5) is 0. The standard InChI is InChI=1S/C11H16O.ClH.Zr/c1-8-6-5-7-9(10(8)12)11(2,3)4;;/h5-7,12H,1-4H3;1H;. The van der Waals surface area contributed by atoms with E-state index in [0.29, 0.717) is 5.75 Å². The minimum atomic E-state index is 0. The van der Waals surface area contributed by atoms with Crippen molar-refractivity contribution in [1.82, 2.24) is 0 Å².